The zero-order valence-corrected chi connectivity index (χ0v) is 20.1. The van der Waals surface area contributed by atoms with E-state index in [-0.39, 0.29) is 12.6 Å². The van der Waals surface area contributed by atoms with Crippen LogP contribution in [0.5, 0.6) is 0 Å². The first-order valence-corrected chi connectivity index (χ1v) is 12.5. The maximum Gasteiger partial charge on any atom is 0.414 e. The molecule has 2 fully saturated rings. The molecule has 2 heterocycles. The molecule has 0 bridgehead atoms. The van der Waals surface area contributed by atoms with Crippen molar-refractivity contribution in [3.05, 3.63) is 0 Å². The van der Waals surface area contributed by atoms with Crippen molar-refractivity contribution in [1.82, 2.24) is 20.0 Å². The molecule has 0 aromatic carbocycles. The molecule has 0 saturated carbocycles. The minimum absolute atomic E-state index is 0.0425. The SMILES string of the molecule is CC(C)(C)OC(=O)NC(=N)N1CCN(CCCCN2CC(COS(C)(=O)=O)OC2=O)CC1. The fourth-order valence-electron chi connectivity index (χ4n) is 3.36. The van der Waals surface area contributed by atoms with E-state index in [2.05, 4.69) is 10.2 Å². The van der Waals surface area contributed by atoms with Crippen LogP contribution in [0.1, 0.15) is 33.6 Å². The van der Waals surface area contributed by atoms with Gasteiger partial charge in [0.25, 0.3) is 10.1 Å². The summed E-state index contributed by atoms with van der Waals surface area (Å²) in [6, 6.07) is 0. The molecule has 0 aromatic rings. The number of nitrogens with zero attached hydrogens (tertiary/aromatic N) is 3. The number of unbranched alkanes of at least 4 members (excludes halogenated alkanes) is 1. The van der Waals surface area contributed by atoms with Gasteiger partial charge >= 0.3 is 12.2 Å². The number of guanidine groups is 1. The van der Waals surface area contributed by atoms with E-state index in [1.165, 1.54) is 0 Å². The van der Waals surface area contributed by atoms with E-state index in [0.29, 0.717) is 26.2 Å². The molecule has 184 valence electrons. The molecule has 32 heavy (non-hydrogen) atoms. The summed E-state index contributed by atoms with van der Waals surface area (Å²) >= 11 is 0. The molecule has 0 spiro atoms. The molecular weight excluding hydrogens is 442 g/mol. The standard InChI is InChI=1S/C19H35N5O7S/c1-19(2,3)31-17(25)21-16(20)23-11-9-22(10-12-23)7-5-6-8-24-13-15(30-18(24)26)14-29-32(4,27)28/h15H,5-14H2,1-4H3,(H2,20,21,25). The lowest BCUT2D eigenvalue weighted by Gasteiger charge is -2.36. The van der Waals surface area contributed by atoms with Crippen molar-refractivity contribution < 1.29 is 31.7 Å². The fraction of sp³-hybridized carbons (Fsp3) is 0.842. The van der Waals surface area contributed by atoms with Crippen molar-refractivity contribution in [3.63, 3.8) is 0 Å². The number of hydrogen-bond acceptors (Lipinski definition) is 9. The Balaban J connectivity index is 1.59. The van der Waals surface area contributed by atoms with Gasteiger partial charge in [-0.1, -0.05) is 0 Å². The van der Waals surface area contributed by atoms with Crippen molar-refractivity contribution in [2.24, 2.45) is 0 Å². The number of hydrogen-bond donors (Lipinski definition) is 2. The average molecular weight is 478 g/mol. The van der Waals surface area contributed by atoms with Gasteiger partial charge in [-0.15, -0.1) is 0 Å². The van der Waals surface area contributed by atoms with Crippen LogP contribution in [0.3, 0.4) is 0 Å². The molecule has 2 N–H and O–H groups in total. The largest absolute Gasteiger partial charge is 0.444 e. The summed E-state index contributed by atoms with van der Waals surface area (Å²) in [7, 11) is -3.56. The number of ether oxygens (including phenoxy) is 2. The van der Waals surface area contributed by atoms with Gasteiger partial charge in [0.15, 0.2) is 0 Å². The third kappa shape index (κ3) is 9.57. The lowest BCUT2D eigenvalue weighted by Crippen LogP contribution is -2.53. The molecule has 13 heteroatoms. The molecule has 1 atom stereocenters. The van der Waals surface area contributed by atoms with Crippen molar-refractivity contribution in [1.29, 1.82) is 5.41 Å². The highest BCUT2D eigenvalue weighted by atomic mass is 32.2. The van der Waals surface area contributed by atoms with E-state index in [9.17, 15) is 18.0 Å². The first-order valence-electron chi connectivity index (χ1n) is 10.7. The Bertz CT molecular complexity index is 775. The summed E-state index contributed by atoms with van der Waals surface area (Å²) in [4.78, 5) is 29.3. The molecule has 0 aliphatic carbocycles. The molecular formula is C19H35N5O7S. The van der Waals surface area contributed by atoms with Gasteiger partial charge in [-0.2, -0.15) is 8.42 Å². The highest BCUT2D eigenvalue weighted by molar-refractivity contribution is 7.85. The summed E-state index contributed by atoms with van der Waals surface area (Å²) in [5, 5.41) is 10.5. The number of alkyl carbamates (subject to hydrolysis) is 1. The molecule has 1 unspecified atom stereocenters. The second-order valence-corrected chi connectivity index (χ2v) is 10.6. The molecule has 2 amide bonds. The molecule has 2 aliphatic heterocycles. The average Bonchev–Trinajstić information content (AvgIpc) is 3.01. The van der Waals surface area contributed by atoms with Gasteiger partial charge in [-0.25, -0.2) is 9.59 Å². The molecule has 0 radical (unpaired) electrons. The first kappa shape index (κ1) is 26.1. The number of amides is 2. The van der Waals surface area contributed by atoms with E-state index in [1.54, 1.807) is 30.6 Å². The van der Waals surface area contributed by atoms with Crippen molar-refractivity contribution in [2.75, 3.05) is 58.7 Å². The van der Waals surface area contributed by atoms with Crippen molar-refractivity contribution >= 4 is 28.3 Å². The maximum absolute atomic E-state index is 11.9. The Labute approximate surface area is 189 Å². The monoisotopic (exact) mass is 477 g/mol. The van der Waals surface area contributed by atoms with E-state index >= 15 is 0 Å². The Kier molecular flexibility index (Phi) is 9.10. The van der Waals surface area contributed by atoms with Gasteiger partial charge in [0.05, 0.1) is 12.8 Å². The fourth-order valence-corrected chi connectivity index (χ4v) is 3.75. The van der Waals surface area contributed by atoms with Crippen LogP contribution in [0.2, 0.25) is 0 Å². The number of carbonyl (C=O) groups is 2. The molecule has 0 aromatic heterocycles. The minimum atomic E-state index is -3.56. The zero-order valence-electron chi connectivity index (χ0n) is 19.3. The second-order valence-electron chi connectivity index (χ2n) is 8.95. The van der Waals surface area contributed by atoms with Crippen LogP contribution >= 0.6 is 0 Å². The lowest BCUT2D eigenvalue weighted by atomic mass is 10.2. The maximum atomic E-state index is 11.9. The van der Waals surface area contributed by atoms with E-state index in [0.717, 1.165) is 38.7 Å². The molecule has 2 saturated heterocycles. The van der Waals surface area contributed by atoms with E-state index in [1.807, 2.05) is 0 Å². The quantitative estimate of drug-likeness (QED) is 0.223. The number of nitrogens with one attached hydrogen (secondary N) is 2. The van der Waals surface area contributed by atoms with Crippen molar-refractivity contribution in [2.45, 2.75) is 45.3 Å². The molecule has 2 rings (SSSR count). The van der Waals surface area contributed by atoms with E-state index in [4.69, 9.17) is 19.1 Å². The van der Waals surface area contributed by atoms with Crippen LogP contribution in [0.4, 0.5) is 9.59 Å². The Morgan fingerprint density at radius 3 is 2.41 bits per heavy atom. The number of piperazine rings is 1. The Hall–Kier alpha value is -2.12. The summed E-state index contributed by atoms with van der Waals surface area (Å²) in [6.45, 7) is 9.69. The van der Waals surface area contributed by atoms with Crippen LogP contribution in [0.15, 0.2) is 0 Å². The Morgan fingerprint density at radius 1 is 1.19 bits per heavy atom. The van der Waals surface area contributed by atoms with E-state index < -0.39 is 34.0 Å². The van der Waals surface area contributed by atoms with Gasteiger partial charge in [-0.3, -0.25) is 19.8 Å². The lowest BCUT2D eigenvalue weighted by molar-refractivity contribution is 0.0552. The van der Waals surface area contributed by atoms with Gasteiger partial charge in [-0.05, 0) is 40.2 Å². The number of cyclic esters (lactones) is 1. The van der Waals surface area contributed by atoms with Crippen LogP contribution in [0.25, 0.3) is 0 Å². The van der Waals surface area contributed by atoms with Gasteiger partial charge in [0.1, 0.15) is 18.3 Å². The number of carbonyl (C=O) groups excluding carboxylic acids is 2. The molecule has 12 nitrogen and oxygen atoms in total. The normalized spacial score (nSPS) is 20.2. The van der Waals surface area contributed by atoms with Crippen molar-refractivity contribution in [3.8, 4) is 0 Å². The van der Waals surface area contributed by atoms with Gasteiger partial charge in [0, 0.05) is 32.7 Å². The second kappa shape index (κ2) is 11.1. The third-order valence-corrected chi connectivity index (χ3v) is 5.44. The zero-order chi connectivity index (χ0) is 23.9. The van der Waals surface area contributed by atoms with Gasteiger partial charge in [0.2, 0.25) is 5.96 Å². The predicted octanol–water partition coefficient (Wildman–Crippen LogP) is 0.641. The summed E-state index contributed by atoms with van der Waals surface area (Å²) in [5.41, 5.74) is -0.611. The number of rotatable bonds is 8. The molecule has 2 aliphatic rings. The van der Waals surface area contributed by atoms with Crippen LogP contribution in [-0.4, -0.2) is 112 Å². The summed E-state index contributed by atoms with van der Waals surface area (Å²) < 4.78 is 37.1. The summed E-state index contributed by atoms with van der Waals surface area (Å²) in [6.07, 6.45) is 0.997. The highest BCUT2D eigenvalue weighted by Crippen LogP contribution is 2.14. The van der Waals surface area contributed by atoms with Gasteiger partial charge < -0.3 is 19.3 Å². The predicted molar refractivity (Wildman–Crippen MR) is 117 cm³/mol. The Morgan fingerprint density at radius 2 is 1.81 bits per heavy atom. The van der Waals surface area contributed by atoms with Crippen LogP contribution in [-0.2, 0) is 23.8 Å². The summed E-state index contributed by atoms with van der Waals surface area (Å²) in [5.74, 6) is 0.0425. The third-order valence-electron chi connectivity index (χ3n) is 4.88. The van der Waals surface area contributed by atoms with Crippen LogP contribution in [0, 0.1) is 5.41 Å². The highest BCUT2D eigenvalue weighted by Gasteiger charge is 2.31. The topological polar surface area (TPSA) is 142 Å². The minimum Gasteiger partial charge on any atom is -0.444 e. The van der Waals surface area contributed by atoms with Crippen LogP contribution < -0.4 is 5.32 Å². The smallest absolute Gasteiger partial charge is 0.414 e. The first-order chi connectivity index (χ1) is 14.8.